The molecule has 2 heteroatoms. The lowest BCUT2D eigenvalue weighted by Gasteiger charge is -2.58. The van der Waals surface area contributed by atoms with E-state index in [4.69, 9.17) is 0 Å². The zero-order valence-electron chi connectivity index (χ0n) is 18.1. The molecular weight excluding hydrogens is 332 g/mol. The Bertz CT molecular complexity index is 583. The van der Waals surface area contributed by atoms with Crippen LogP contribution < -0.4 is 0 Å². The first kappa shape index (κ1) is 20.0. The molecule has 0 aromatic heterocycles. The molecule has 0 aromatic rings. The maximum absolute atomic E-state index is 10.7. The van der Waals surface area contributed by atoms with Crippen LogP contribution >= 0.6 is 0 Å². The van der Waals surface area contributed by atoms with Crippen LogP contribution in [0.15, 0.2) is 11.6 Å². The van der Waals surface area contributed by atoms with Crippen molar-refractivity contribution in [3.05, 3.63) is 11.6 Å². The van der Waals surface area contributed by atoms with E-state index in [-0.39, 0.29) is 12.2 Å². The van der Waals surface area contributed by atoms with Crippen molar-refractivity contribution in [3.8, 4) is 0 Å². The molecule has 2 nitrogen and oxygen atoms in total. The van der Waals surface area contributed by atoms with Crippen LogP contribution in [0.25, 0.3) is 0 Å². The molecule has 3 saturated carbocycles. The van der Waals surface area contributed by atoms with Crippen LogP contribution in [0, 0.1) is 40.4 Å². The van der Waals surface area contributed by atoms with Crippen molar-refractivity contribution in [2.45, 2.75) is 104 Å². The molecule has 0 aliphatic heterocycles. The lowest BCUT2D eigenvalue weighted by molar-refractivity contribution is -0.0678. The third-order valence-electron chi connectivity index (χ3n) is 9.98. The molecular formula is C25H42O2. The second kappa shape index (κ2) is 7.17. The summed E-state index contributed by atoms with van der Waals surface area (Å²) < 4.78 is 0. The van der Waals surface area contributed by atoms with Gasteiger partial charge in [0.25, 0.3) is 0 Å². The van der Waals surface area contributed by atoms with Gasteiger partial charge < -0.3 is 10.2 Å². The smallest absolute Gasteiger partial charge is 0.0577 e. The quantitative estimate of drug-likeness (QED) is 0.618. The van der Waals surface area contributed by atoms with Crippen molar-refractivity contribution < 1.29 is 10.2 Å². The van der Waals surface area contributed by atoms with Gasteiger partial charge in [0.15, 0.2) is 0 Å². The molecule has 4 rings (SSSR count). The molecule has 2 N–H and O–H groups in total. The number of hydrogen-bond donors (Lipinski definition) is 2. The van der Waals surface area contributed by atoms with Crippen LogP contribution in [-0.2, 0) is 0 Å². The van der Waals surface area contributed by atoms with Gasteiger partial charge in [0.05, 0.1) is 12.2 Å². The third-order valence-corrected chi connectivity index (χ3v) is 9.98. The van der Waals surface area contributed by atoms with Crippen LogP contribution in [0.1, 0.15) is 91.9 Å². The molecule has 0 spiro atoms. The summed E-state index contributed by atoms with van der Waals surface area (Å²) in [5, 5.41) is 20.9. The van der Waals surface area contributed by atoms with E-state index in [0.717, 1.165) is 43.4 Å². The van der Waals surface area contributed by atoms with E-state index >= 15 is 0 Å². The summed E-state index contributed by atoms with van der Waals surface area (Å²) in [4.78, 5) is 0. The standard InChI is InChI=1S/C25H42O2/c1-5-6-23(27)16(2)20-9-10-21-19-8-7-17-15-18(26)11-13-24(17,3)22(19)12-14-25(20,21)4/h7,16,18-23,26-27H,5-6,8-15H2,1-4H3/t16-,18-,19-,20+,21-,22-,23+,24-,25+/m0/s1. The fourth-order valence-electron chi connectivity index (χ4n) is 8.37. The van der Waals surface area contributed by atoms with E-state index < -0.39 is 0 Å². The first-order chi connectivity index (χ1) is 12.8. The average molecular weight is 375 g/mol. The summed E-state index contributed by atoms with van der Waals surface area (Å²) >= 11 is 0. The molecule has 0 amide bonds. The van der Waals surface area contributed by atoms with Crippen molar-refractivity contribution in [2.75, 3.05) is 0 Å². The highest BCUT2D eigenvalue weighted by Gasteiger charge is 2.59. The first-order valence-electron chi connectivity index (χ1n) is 11.9. The molecule has 0 bridgehead atoms. The predicted octanol–water partition coefficient (Wildman–Crippen LogP) is 5.72. The van der Waals surface area contributed by atoms with Crippen LogP contribution in [0.2, 0.25) is 0 Å². The molecule has 0 heterocycles. The fraction of sp³-hybridized carbons (Fsp3) is 0.920. The largest absolute Gasteiger partial charge is 0.393 e. The Hall–Kier alpha value is -0.340. The molecule has 154 valence electrons. The number of rotatable bonds is 4. The molecule has 0 aromatic carbocycles. The molecule has 3 fully saturated rings. The predicted molar refractivity (Wildman–Crippen MR) is 111 cm³/mol. The highest BCUT2D eigenvalue weighted by Crippen LogP contribution is 2.67. The van der Waals surface area contributed by atoms with Gasteiger partial charge in [0.2, 0.25) is 0 Å². The Labute approximate surface area is 166 Å². The zero-order chi connectivity index (χ0) is 19.4. The van der Waals surface area contributed by atoms with Crippen molar-refractivity contribution in [3.63, 3.8) is 0 Å². The van der Waals surface area contributed by atoms with Gasteiger partial charge in [-0.3, -0.25) is 0 Å². The molecule has 4 aliphatic rings. The van der Waals surface area contributed by atoms with E-state index in [1.54, 1.807) is 5.57 Å². The Morgan fingerprint density at radius 1 is 1.11 bits per heavy atom. The number of aliphatic hydroxyl groups is 2. The van der Waals surface area contributed by atoms with Crippen molar-refractivity contribution >= 4 is 0 Å². The highest BCUT2D eigenvalue weighted by atomic mass is 16.3. The molecule has 0 saturated heterocycles. The Kier molecular flexibility index (Phi) is 5.30. The minimum Gasteiger partial charge on any atom is -0.393 e. The van der Waals surface area contributed by atoms with Gasteiger partial charge in [-0.05, 0) is 98.2 Å². The van der Waals surface area contributed by atoms with E-state index in [1.807, 2.05) is 0 Å². The lowest BCUT2D eigenvalue weighted by Crippen LogP contribution is -2.51. The first-order valence-corrected chi connectivity index (χ1v) is 11.9. The van der Waals surface area contributed by atoms with Gasteiger partial charge in [0, 0.05) is 0 Å². The molecule has 0 radical (unpaired) electrons. The number of allylic oxidation sites excluding steroid dienone is 1. The summed E-state index contributed by atoms with van der Waals surface area (Å²) in [6, 6.07) is 0. The summed E-state index contributed by atoms with van der Waals surface area (Å²) in [5.74, 6) is 3.60. The highest BCUT2D eigenvalue weighted by molar-refractivity contribution is 5.25. The summed E-state index contributed by atoms with van der Waals surface area (Å²) in [7, 11) is 0. The average Bonchev–Trinajstić information content (AvgIpc) is 2.99. The Balaban J connectivity index is 1.57. The summed E-state index contributed by atoms with van der Waals surface area (Å²) in [5.41, 5.74) is 2.34. The monoisotopic (exact) mass is 374 g/mol. The number of fused-ring (bicyclic) bond motifs is 5. The minimum absolute atomic E-state index is 0.105. The Morgan fingerprint density at radius 3 is 2.63 bits per heavy atom. The van der Waals surface area contributed by atoms with Crippen LogP contribution in [-0.4, -0.2) is 22.4 Å². The second-order valence-electron chi connectivity index (χ2n) is 11.1. The zero-order valence-corrected chi connectivity index (χ0v) is 18.1. The van der Waals surface area contributed by atoms with Crippen LogP contribution in [0.3, 0.4) is 0 Å². The van der Waals surface area contributed by atoms with Crippen LogP contribution in [0.4, 0.5) is 0 Å². The van der Waals surface area contributed by atoms with E-state index in [1.165, 1.54) is 38.5 Å². The van der Waals surface area contributed by atoms with E-state index in [0.29, 0.717) is 22.7 Å². The van der Waals surface area contributed by atoms with Gasteiger partial charge in [-0.15, -0.1) is 0 Å². The van der Waals surface area contributed by atoms with Crippen molar-refractivity contribution in [1.29, 1.82) is 0 Å². The molecule has 4 aliphatic carbocycles. The fourth-order valence-corrected chi connectivity index (χ4v) is 8.37. The van der Waals surface area contributed by atoms with Crippen LogP contribution in [0.5, 0.6) is 0 Å². The van der Waals surface area contributed by atoms with Gasteiger partial charge in [0.1, 0.15) is 0 Å². The lowest BCUT2D eigenvalue weighted by atomic mass is 9.47. The minimum atomic E-state index is -0.122. The van der Waals surface area contributed by atoms with Gasteiger partial charge in [-0.1, -0.05) is 45.8 Å². The SMILES string of the molecule is CCC[C@@H](O)[C@@H](C)[C@H]1CC[C@H]2[C@@H]3CC=C4C[C@@H](O)CC[C@]4(C)[C@H]3CC[C@]12C. The Morgan fingerprint density at radius 2 is 1.89 bits per heavy atom. The van der Waals surface area contributed by atoms with Gasteiger partial charge in [-0.25, -0.2) is 0 Å². The topological polar surface area (TPSA) is 40.5 Å². The molecule has 0 unspecified atom stereocenters. The maximum Gasteiger partial charge on any atom is 0.0577 e. The van der Waals surface area contributed by atoms with Gasteiger partial charge >= 0.3 is 0 Å². The van der Waals surface area contributed by atoms with Crippen molar-refractivity contribution in [1.82, 2.24) is 0 Å². The van der Waals surface area contributed by atoms with E-state index in [2.05, 4.69) is 33.8 Å². The normalized spacial score (nSPS) is 48.8. The van der Waals surface area contributed by atoms with Gasteiger partial charge in [-0.2, -0.15) is 0 Å². The van der Waals surface area contributed by atoms with Crippen molar-refractivity contribution in [2.24, 2.45) is 40.4 Å². The van der Waals surface area contributed by atoms with E-state index in [9.17, 15) is 10.2 Å². The maximum atomic E-state index is 10.7. The molecule has 27 heavy (non-hydrogen) atoms. The number of hydrogen-bond acceptors (Lipinski definition) is 2. The molecule has 9 atom stereocenters. The number of aliphatic hydroxyl groups excluding tert-OH is 2. The summed E-state index contributed by atoms with van der Waals surface area (Å²) in [6.45, 7) is 9.61. The summed E-state index contributed by atoms with van der Waals surface area (Å²) in [6.07, 6.45) is 14.1. The third kappa shape index (κ3) is 3.05. The second-order valence-corrected chi connectivity index (χ2v) is 11.1.